The Labute approximate surface area is 98.3 Å². The van der Waals surface area contributed by atoms with E-state index in [2.05, 4.69) is 15.1 Å². The maximum Gasteiger partial charge on any atom is 0.341 e. The van der Waals surface area contributed by atoms with E-state index in [0.717, 1.165) is 5.56 Å². The number of aromatic nitrogens is 4. The van der Waals surface area contributed by atoms with E-state index in [1.807, 2.05) is 7.05 Å². The molecule has 0 spiro atoms. The van der Waals surface area contributed by atoms with Crippen molar-refractivity contribution in [1.82, 2.24) is 19.7 Å². The average molecular weight is 232 g/mol. The lowest BCUT2D eigenvalue weighted by molar-refractivity contribution is 0.0525. The van der Waals surface area contributed by atoms with E-state index in [0.29, 0.717) is 18.0 Å². The van der Waals surface area contributed by atoms with E-state index < -0.39 is 5.97 Å². The van der Waals surface area contributed by atoms with Crippen molar-refractivity contribution in [3.8, 4) is 11.4 Å². The molecule has 2 aromatic rings. The molecule has 0 amide bonds. The SMILES string of the molecule is CCOC(=O)c1cnc(-c2cnn(C)c2)nc1. The van der Waals surface area contributed by atoms with Gasteiger partial charge in [0.15, 0.2) is 5.82 Å². The lowest BCUT2D eigenvalue weighted by Gasteiger charge is -2.01. The fraction of sp³-hybridized carbons (Fsp3) is 0.273. The van der Waals surface area contributed by atoms with Gasteiger partial charge < -0.3 is 4.74 Å². The van der Waals surface area contributed by atoms with E-state index in [4.69, 9.17) is 4.74 Å². The van der Waals surface area contributed by atoms with Gasteiger partial charge in [-0.1, -0.05) is 0 Å². The van der Waals surface area contributed by atoms with Crippen molar-refractivity contribution in [1.29, 1.82) is 0 Å². The molecule has 0 unspecified atom stereocenters. The Kier molecular flexibility index (Phi) is 3.13. The van der Waals surface area contributed by atoms with Crippen LogP contribution >= 0.6 is 0 Å². The van der Waals surface area contributed by atoms with Crippen molar-refractivity contribution in [2.45, 2.75) is 6.92 Å². The molecule has 88 valence electrons. The minimum Gasteiger partial charge on any atom is -0.462 e. The van der Waals surface area contributed by atoms with Gasteiger partial charge >= 0.3 is 5.97 Å². The molecular weight excluding hydrogens is 220 g/mol. The van der Waals surface area contributed by atoms with Gasteiger partial charge in [-0.25, -0.2) is 14.8 Å². The fourth-order valence-electron chi connectivity index (χ4n) is 1.33. The van der Waals surface area contributed by atoms with Crippen LogP contribution in [0.4, 0.5) is 0 Å². The van der Waals surface area contributed by atoms with Crippen LogP contribution in [-0.4, -0.2) is 32.3 Å². The highest BCUT2D eigenvalue weighted by Gasteiger charge is 2.09. The first-order valence-corrected chi connectivity index (χ1v) is 5.19. The fourth-order valence-corrected chi connectivity index (χ4v) is 1.33. The second kappa shape index (κ2) is 4.73. The van der Waals surface area contributed by atoms with Crippen LogP contribution in [0.15, 0.2) is 24.8 Å². The molecule has 6 nitrogen and oxygen atoms in total. The highest BCUT2D eigenvalue weighted by atomic mass is 16.5. The van der Waals surface area contributed by atoms with Crippen LogP contribution in [0.25, 0.3) is 11.4 Å². The zero-order chi connectivity index (χ0) is 12.3. The predicted molar refractivity (Wildman–Crippen MR) is 60.2 cm³/mol. The maximum absolute atomic E-state index is 11.4. The van der Waals surface area contributed by atoms with Crippen LogP contribution in [0.5, 0.6) is 0 Å². The Morgan fingerprint density at radius 1 is 1.35 bits per heavy atom. The van der Waals surface area contributed by atoms with Gasteiger partial charge in [-0.2, -0.15) is 5.10 Å². The summed E-state index contributed by atoms with van der Waals surface area (Å²) < 4.78 is 6.51. The van der Waals surface area contributed by atoms with Crippen molar-refractivity contribution in [2.75, 3.05) is 6.61 Å². The zero-order valence-electron chi connectivity index (χ0n) is 9.62. The van der Waals surface area contributed by atoms with Gasteiger partial charge in [0.2, 0.25) is 0 Å². The highest BCUT2D eigenvalue weighted by Crippen LogP contribution is 2.12. The van der Waals surface area contributed by atoms with Gasteiger partial charge in [0.1, 0.15) is 0 Å². The van der Waals surface area contributed by atoms with Crippen LogP contribution in [0.1, 0.15) is 17.3 Å². The summed E-state index contributed by atoms with van der Waals surface area (Å²) in [6, 6.07) is 0. The van der Waals surface area contributed by atoms with Crippen LogP contribution < -0.4 is 0 Å². The monoisotopic (exact) mass is 232 g/mol. The number of carbonyl (C=O) groups is 1. The largest absolute Gasteiger partial charge is 0.462 e. The summed E-state index contributed by atoms with van der Waals surface area (Å²) in [5, 5.41) is 4.03. The summed E-state index contributed by atoms with van der Waals surface area (Å²) in [5.41, 5.74) is 1.15. The molecular formula is C11H12N4O2. The molecule has 0 saturated carbocycles. The van der Waals surface area contributed by atoms with Gasteiger partial charge in [0, 0.05) is 25.6 Å². The first kappa shape index (κ1) is 11.3. The smallest absolute Gasteiger partial charge is 0.341 e. The molecule has 0 saturated heterocycles. The first-order valence-electron chi connectivity index (χ1n) is 5.19. The van der Waals surface area contributed by atoms with Gasteiger partial charge in [-0.15, -0.1) is 0 Å². The molecule has 0 N–H and O–H groups in total. The third-order valence-corrected chi connectivity index (χ3v) is 2.13. The van der Waals surface area contributed by atoms with E-state index in [1.54, 1.807) is 24.0 Å². The van der Waals surface area contributed by atoms with Crippen LogP contribution in [-0.2, 0) is 11.8 Å². The molecule has 0 radical (unpaired) electrons. The minimum absolute atomic E-state index is 0.336. The summed E-state index contributed by atoms with van der Waals surface area (Å²) in [6.07, 6.45) is 6.37. The molecule has 2 heterocycles. The Hall–Kier alpha value is -2.24. The van der Waals surface area contributed by atoms with E-state index in [-0.39, 0.29) is 0 Å². The third-order valence-electron chi connectivity index (χ3n) is 2.13. The Balaban J connectivity index is 2.21. The Morgan fingerprint density at radius 3 is 2.59 bits per heavy atom. The van der Waals surface area contributed by atoms with Gasteiger partial charge in [0.25, 0.3) is 0 Å². The number of ether oxygens (including phenoxy) is 1. The van der Waals surface area contributed by atoms with E-state index >= 15 is 0 Å². The number of hydrogen-bond donors (Lipinski definition) is 0. The second-order valence-electron chi connectivity index (χ2n) is 3.42. The number of nitrogens with zero attached hydrogens (tertiary/aromatic N) is 4. The molecule has 6 heteroatoms. The maximum atomic E-state index is 11.4. The van der Waals surface area contributed by atoms with E-state index in [9.17, 15) is 4.79 Å². The Bertz CT molecular complexity index is 519. The first-order chi connectivity index (χ1) is 8.20. The van der Waals surface area contributed by atoms with Crippen molar-refractivity contribution in [3.63, 3.8) is 0 Å². The van der Waals surface area contributed by atoms with Gasteiger partial charge in [-0.05, 0) is 6.92 Å². The number of rotatable bonds is 3. The van der Waals surface area contributed by atoms with E-state index in [1.165, 1.54) is 12.4 Å². The van der Waals surface area contributed by atoms with Crippen molar-refractivity contribution < 1.29 is 9.53 Å². The lowest BCUT2D eigenvalue weighted by Crippen LogP contribution is -2.06. The van der Waals surface area contributed by atoms with Crippen LogP contribution in [0, 0.1) is 0 Å². The standard InChI is InChI=1S/C11H12N4O2/c1-3-17-11(16)8-4-12-10(13-5-8)9-6-14-15(2)7-9/h4-7H,3H2,1-2H3. The second-order valence-corrected chi connectivity index (χ2v) is 3.42. The number of esters is 1. The predicted octanol–water partition coefficient (Wildman–Crippen LogP) is 1.05. The lowest BCUT2D eigenvalue weighted by atomic mass is 10.3. The van der Waals surface area contributed by atoms with Crippen molar-refractivity contribution >= 4 is 5.97 Å². The molecule has 2 rings (SSSR count). The molecule has 0 aliphatic carbocycles. The molecule has 17 heavy (non-hydrogen) atoms. The third kappa shape index (κ3) is 2.47. The molecule has 0 fully saturated rings. The Morgan fingerprint density at radius 2 is 2.06 bits per heavy atom. The molecule has 0 atom stereocenters. The highest BCUT2D eigenvalue weighted by molar-refractivity contribution is 5.88. The van der Waals surface area contributed by atoms with Crippen molar-refractivity contribution in [2.24, 2.45) is 7.05 Å². The number of hydrogen-bond acceptors (Lipinski definition) is 5. The molecule has 2 aromatic heterocycles. The molecule has 0 bridgehead atoms. The summed E-state index contributed by atoms with van der Waals surface area (Å²) in [6.45, 7) is 2.09. The zero-order valence-corrected chi connectivity index (χ0v) is 9.62. The quantitative estimate of drug-likeness (QED) is 0.740. The van der Waals surface area contributed by atoms with Gasteiger partial charge in [-0.3, -0.25) is 4.68 Å². The topological polar surface area (TPSA) is 69.9 Å². The average Bonchev–Trinajstić information content (AvgIpc) is 2.76. The molecule has 0 aliphatic heterocycles. The number of aryl methyl sites for hydroxylation is 1. The summed E-state index contributed by atoms with van der Waals surface area (Å²) in [5.74, 6) is 0.122. The van der Waals surface area contributed by atoms with Crippen LogP contribution in [0.3, 0.4) is 0 Å². The summed E-state index contributed by atoms with van der Waals surface area (Å²) >= 11 is 0. The minimum atomic E-state index is -0.412. The van der Waals surface area contributed by atoms with Crippen LogP contribution in [0.2, 0.25) is 0 Å². The number of carbonyl (C=O) groups excluding carboxylic acids is 1. The summed E-state index contributed by atoms with van der Waals surface area (Å²) in [7, 11) is 1.82. The van der Waals surface area contributed by atoms with Gasteiger partial charge in [0.05, 0.1) is 23.9 Å². The normalized spacial score (nSPS) is 10.2. The molecule has 0 aromatic carbocycles. The summed E-state index contributed by atoms with van der Waals surface area (Å²) in [4.78, 5) is 19.6. The molecule has 0 aliphatic rings. The van der Waals surface area contributed by atoms with Crippen molar-refractivity contribution in [3.05, 3.63) is 30.4 Å².